The van der Waals surface area contributed by atoms with Gasteiger partial charge in [-0.1, -0.05) is 42.5 Å². The molecule has 2 heterocycles. The Morgan fingerprint density at radius 1 is 1.09 bits per heavy atom. The zero-order valence-corrected chi connectivity index (χ0v) is 18.4. The number of benzene rings is 2. The van der Waals surface area contributed by atoms with Crippen molar-refractivity contribution in [2.75, 3.05) is 25.4 Å². The van der Waals surface area contributed by atoms with Crippen molar-refractivity contribution < 1.29 is 9.59 Å². The number of piperidine rings is 1. The minimum atomic E-state index is -0.342. The van der Waals surface area contributed by atoms with Gasteiger partial charge < -0.3 is 21.7 Å². The lowest BCUT2D eigenvalue weighted by atomic mass is 10.1. The molecule has 1 atom stereocenters. The smallest absolute Gasteiger partial charge is 0.274 e. The number of nitrogen functional groups attached to an aromatic ring is 1. The maximum absolute atomic E-state index is 12.7. The van der Waals surface area contributed by atoms with Gasteiger partial charge in [0.1, 0.15) is 0 Å². The number of nitrogens with zero attached hydrogens (tertiary/aromatic N) is 2. The number of amides is 2. The summed E-state index contributed by atoms with van der Waals surface area (Å²) in [5.74, 6) is -0.431. The van der Waals surface area contributed by atoms with Gasteiger partial charge in [-0.2, -0.15) is 0 Å². The summed E-state index contributed by atoms with van der Waals surface area (Å²) in [4.78, 5) is 34.0. The molecule has 0 saturated carbocycles. The first-order chi connectivity index (χ1) is 16.1. The Hall–Kier alpha value is -3.78. The van der Waals surface area contributed by atoms with Crippen molar-refractivity contribution >= 4 is 17.6 Å². The normalized spacial score (nSPS) is 15.6. The van der Waals surface area contributed by atoms with E-state index in [0.29, 0.717) is 23.4 Å². The third kappa shape index (κ3) is 5.93. The second kappa shape index (κ2) is 10.7. The molecule has 2 aromatic carbocycles. The Morgan fingerprint density at radius 2 is 1.94 bits per heavy atom. The van der Waals surface area contributed by atoms with E-state index in [9.17, 15) is 9.59 Å². The highest BCUT2D eigenvalue weighted by atomic mass is 16.2. The van der Waals surface area contributed by atoms with E-state index in [4.69, 9.17) is 5.73 Å². The van der Waals surface area contributed by atoms with Gasteiger partial charge in [0.05, 0.1) is 11.9 Å². The number of nitrogens with one attached hydrogen (secondary N) is 3. The molecule has 8 nitrogen and oxygen atoms in total. The summed E-state index contributed by atoms with van der Waals surface area (Å²) in [5, 5.41) is 9.18. The standard InChI is InChI=1S/C25H28N6O2/c26-23-22(25(33)30-20-10-5-12-27-15-20)31-21(16-29-23)18-8-4-9-19(14-18)24(32)28-13-11-17-6-2-1-3-7-17/h1-4,6-9,14,16,20,27H,5,10-13,15H2,(H2,26,29)(H,28,32)(H,30,33). The van der Waals surface area contributed by atoms with Crippen LogP contribution < -0.4 is 21.7 Å². The minimum Gasteiger partial charge on any atom is -0.382 e. The van der Waals surface area contributed by atoms with Crippen LogP contribution >= 0.6 is 0 Å². The summed E-state index contributed by atoms with van der Waals surface area (Å²) in [6.07, 6.45) is 4.19. The highest BCUT2D eigenvalue weighted by molar-refractivity contribution is 5.97. The maximum atomic E-state index is 12.7. The van der Waals surface area contributed by atoms with Crippen molar-refractivity contribution in [3.05, 3.63) is 77.6 Å². The fourth-order valence-electron chi connectivity index (χ4n) is 3.82. The van der Waals surface area contributed by atoms with Crippen LogP contribution in [0.1, 0.15) is 39.3 Å². The number of hydrogen-bond acceptors (Lipinski definition) is 6. The van der Waals surface area contributed by atoms with Crippen molar-refractivity contribution in [2.45, 2.75) is 25.3 Å². The number of rotatable bonds is 7. The predicted octanol–water partition coefficient (Wildman–Crippen LogP) is 2.18. The molecule has 1 aromatic heterocycles. The molecule has 0 aliphatic carbocycles. The molecule has 2 amide bonds. The van der Waals surface area contributed by atoms with Gasteiger partial charge in [-0.3, -0.25) is 9.59 Å². The summed E-state index contributed by atoms with van der Waals surface area (Å²) in [5.41, 5.74) is 8.88. The second-order valence-electron chi connectivity index (χ2n) is 8.08. The fourth-order valence-corrected chi connectivity index (χ4v) is 3.82. The first-order valence-corrected chi connectivity index (χ1v) is 11.2. The molecule has 1 aliphatic rings. The molecule has 0 radical (unpaired) electrons. The molecule has 170 valence electrons. The molecule has 8 heteroatoms. The number of nitrogens with two attached hydrogens (primary N) is 1. The molecule has 1 aliphatic heterocycles. The lowest BCUT2D eigenvalue weighted by molar-refractivity contribution is 0.0924. The molecular weight excluding hydrogens is 416 g/mol. The van der Waals surface area contributed by atoms with Crippen LogP contribution in [0.3, 0.4) is 0 Å². The van der Waals surface area contributed by atoms with Gasteiger partial charge in [-0.05, 0) is 43.5 Å². The minimum absolute atomic E-state index is 0.0408. The van der Waals surface area contributed by atoms with Gasteiger partial charge in [-0.15, -0.1) is 0 Å². The monoisotopic (exact) mass is 444 g/mol. The van der Waals surface area contributed by atoms with Gasteiger partial charge in [0, 0.05) is 30.3 Å². The van der Waals surface area contributed by atoms with Crippen LogP contribution in [0.15, 0.2) is 60.8 Å². The van der Waals surface area contributed by atoms with Gasteiger partial charge in [0.25, 0.3) is 11.8 Å². The van der Waals surface area contributed by atoms with E-state index >= 15 is 0 Å². The Balaban J connectivity index is 1.44. The first kappa shape index (κ1) is 22.4. The van der Waals surface area contributed by atoms with Crippen LogP contribution in [-0.2, 0) is 6.42 Å². The van der Waals surface area contributed by atoms with E-state index in [2.05, 4.69) is 25.9 Å². The summed E-state index contributed by atoms with van der Waals surface area (Å²) in [6.45, 7) is 2.22. The Morgan fingerprint density at radius 3 is 2.73 bits per heavy atom. The van der Waals surface area contributed by atoms with Crippen LogP contribution in [0.4, 0.5) is 5.82 Å². The maximum Gasteiger partial charge on any atom is 0.274 e. The quantitative estimate of drug-likeness (QED) is 0.443. The number of anilines is 1. The molecule has 1 fully saturated rings. The predicted molar refractivity (Wildman–Crippen MR) is 128 cm³/mol. The average Bonchev–Trinajstić information content (AvgIpc) is 2.85. The largest absolute Gasteiger partial charge is 0.382 e. The third-order valence-electron chi connectivity index (χ3n) is 5.61. The van der Waals surface area contributed by atoms with Crippen molar-refractivity contribution in [3.8, 4) is 11.3 Å². The topological polar surface area (TPSA) is 122 Å². The lowest BCUT2D eigenvalue weighted by Crippen LogP contribution is -2.46. The highest BCUT2D eigenvalue weighted by Gasteiger charge is 2.20. The molecule has 4 rings (SSSR count). The Labute approximate surface area is 193 Å². The van der Waals surface area contributed by atoms with Crippen molar-refractivity contribution in [3.63, 3.8) is 0 Å². The molecule has 33 heavy (non-hydrogen) atoms. The Bertz CT molecular complexity index is 1110. The van der Waals surface area contributed by atoms with Crippen molar-refractivity contribution in [1.82, 2.24) is 25.9 Å². The van der Waals surface area contributed by atoms with Gasteiger partial charge in [0.2, 0.25) is 0 Å². The van der Waals surface area contributed by atoms with E-state index in [1.807, 2.05) is 36.4 Å². The lowest BCUT2D eigenvalue weighted by Gasteiger charge is -2.23. The van der Waals surface area contributed by atoms with Crippen molar-refractivity contribution in [2.24, 2.45) is 0 Å². The summed E-state index contributed by atoms with van der Waals surface area (Å²) in [7, 11) is 0. The number of aromatic nitrogens is 2. The van der Waals surface area contributed by atoms with Crippen LogP contribution in [0.5, 0.6) is 0 Å². The van der Waals surface area contributed by atoms with Gasteiger partial charge in [0.15, 0.2) is 11.5 Å². The van der Waals surface area contributed by atoms with Crippen LogP contribution in [-0.4, -0.2) is 47.5 Å². The van der Waals surface area contributed by atoms with Crippen LogP contribution in [0.2, 0.25) is 0 Å². The molecule has 0 spiro atoms. The SMILES string of the molecule is Nc1ncc(-c2cccc(C(=O)NCCc3ccccc3)c2)nc1C(=O)NC1CCCNC1. The van der Waals surface area contributed by atoms with Gasteiger partial charge in [-0.25, -0.2) is 9.97 Å². The fraction of sp³-hybridized carbons (Fsp3) is 0.280. The number of carbonyl (C=O) groups is 2. The summed E-state index contributed by atoms with van der Waals surface area (Å²) < 4.78 is 0. The number of hydrogen-bond donors (Lipinski definition) is 4. The van der Waals surface area contributed by atoms with Crippen LogP contribution in [0, 0.1) is 0 Å². The zero-order valence-electron chi connectivity index (χ0n) is 18.4. The summed E-state index contributed by atoms with van der Waals surface area (Å²) >= 11 is 0. The highest BCUT2D eigenvalue weighted by Crippen LogP contribution is 2.20. The number of carbonyl (C=O) groups excluding carboxylic acids is 2. The second-order valence-corrected chi connectivity index (χ2v) is 8.08. The molecule has 1 saturated heterocycles. The van der Waals surface area contributed by atoms with E-state index in [-0.39, 0.29) is 29.4 Å². The van der Waals surface area contributed by atoms with Gasteiger partial charge >= 0.3 is 0 Å². The van der Waals surface area contributed by atoms with E-state index < -0.39 is 0 Å². The third-order valence-corrected chi connectivity index (χ3v) is 5.61. The molecule has 0 bridgehead atoms. The molecular formula is C25H28N6O2. The molecule has 3 aromatic rings. The van der Waals surface area contributed by atoms with E-state index in [0.717, 1.165) is 32.4 Å². The van der Waals surface area contributed by atoms with Crippen molar-refractivity contribution in [1.29, 1.82) is 0 Å². The van der Waals surface area contributed by atoms with E-state index in [1.165, 1.54) is 11.8 Å². The first-order valence-electron chi connectivity index (χ1n) is 11.2. The van der Waals surface area contributed by atoms with Crippen LogP contribution in [0.25, 0.3) is 11.3 Å². The zero-order chi connectivity index (χ0) is 23.0. The average molecular weight is 445 g/mol. The molecule has 1 unspecified atom stereocenters. The molecule has 5 N–H and O–H groups in total. The Kier molecular flexibility index (Phi) is 7.26. The summed E-state index contributed by atoms with van der Waals surface area (Å²) in [6, 6.07) is 17.1. The van der Waals surface area contributed by atoms with E-state index in [1.54, 1.807) is 18.2 Å².